The molecule has 1 aromatic carbocycles. The molecule has 10 heteroatoms. The first-order valence-corrected chi connectivity index (χ1v) is 7.68. The van der Waals surface area contributed by atoms with Gasteiger partial charge in [0.15, 0.2) is 18.0 Å². The van der Waals surface area contributed by atoms with Crippen molar-refractivity contribution < 1.29 is 42.3 Å². The SMILES string of the molecule is [2H]c1nc(C([2H])([2H])S(=O)c2nc3c([2H])c([2H])c(OC([2H])(F)F)c([2H])c3[nH]2)c(OC)c(OC([2H])([2H])[2H])c1[2H]. The second-order valence-corrected chi connectivity index (χ2v) is 5.46. The summed E-state index contributed by atoms with van der Waals surface area (Å²) in [5, 5.41) is -0.764. The maximum atomic E-state index is 13.3. The van der Waals surface area contributed by atoms with Crippen molar-refractivity contribution >= 4 is 21.8 Å². The topological polar surface area (TPSA) is 86.3 Å². The summed E-state index contributed by atoms with van der Waals surface area (Å²) in [7, 11) is -5.14. The maximum absolute atomic E-state index is 13.3. The van der Waals surface area contributed by atoms with E-state index >= 15 is 0 Å². The number of nitrogens with zero attached hydrogens (tertiary/aromatic N) is 2. The summed E-state index contributed by atoms with van der Waals surface area (Å²) in [6.07, 6.45) is -0.945. The Labute approximate surface area is 165 Å². The van der Waals surface area contributed by atoms with Crippen molar-refractivity contribution in [2.75, 3.05) is 14.1 Å². The van der Waals surface area contributed by atoms with Crippen LogP contribution in [0.2, 0.25) is 0 Å². The average Bonchev–Trinajstić information content (AvgIpc) is 3.21. The number of ether oxygens (including phenoxy) is 3. The molecule has 0 aliphatic rings. The van der Waals surface area contributed by atoms with E-state index in [-0.39, 0.29) is 0 Å². The average molecular weight is 394 g/mol. The summed E-state index contributed by atoms with van der Waals surface area (Å²) in [5.74, 6) is -2.78. The first kappa shape index (κ1) is 8.76. The molecule has 1 atom stereocenters. The minimum Gasteiger partial charge on any atom is -0.493 e. The fraction of sp³-hybridized carbons (Fsp3) is 0.250. The summed E-state index contributed by atoms with van der Waals surface area (Å²) in [5.41, 5.74) is -5.11. The molecule has 0 bridgehead atoms. The van der Waals surface area contributed by atoms with Crippen molar-refractivity contribution in [3.63, 3.8) is 0 Å². The number of hydrogen-bond donors (Lipinski definition) is 1. The predicted molar refractivity (Wildman–Crippen MR) is 90.2 cm³/mol. The second kappa shape index (κ2) is 7.65. The maximum Gasteiger partial charge on any atom is 0.387 e. The lowest BCUT2D eigenvalue weighted by Gasteiger charge is -2.10. The molecule has 1 unspecified atom stereocenters. The molecule has 26 heavy (non-hydrogen) atoms. The first-order chi connectivity index (χ1) is 16.8. The molecule has 2 aromatic heterocycles. The van der Waals surface area contributed by atoms with Crippen LogP contribution in [0.1, 0.15) is 20.8 Å². The van der Waals surface area contributed by atoms with Gasteiger partial charge in [-0.3, -0.25) is 9.19 Å². The zero-order valence-electron chi connectivity index (χ0n) is 23.7. The van der Waals surface area contributed by atoms with Gasteiger partial charge in [-0.2, -0.15) is 8.78 Å². The van der Waals surface area contributed by atoms with Crippen LogP contribution in [0.4, 0.5) is 8.78 Å². The number of fused-ring (bicyclic) bond motifs is 1. The van der Waals surface area contributed by atoms with E-state index in [0.29, 0.717) is 0 Å². The molecule has 0 spiro atoms. The van der Waals surface area contributed by atoms with Crippen LogP contribution >= 0.6 is 0 Å². The van der Waals surface area contributed by atoms with Gasteiger partial charge in [0, 0.05) is 21.0 Å². The number of aromatic nitrogens is 3. The molecule has 2 heterocycles. The number of alkyl halides is 2. The Morgan fingerprint density at radius 2 is 2.31 bits per heavy atom. The van der Waals surface area contributed by atoms with E-state index in [1.54, 1.807) is 0 Å². The number of halogens is 2. The second-order valence-electron chi connectivity index (χ2n) is 4.33. The Balaban J connectivity index is 2.20. The van der Waals surface area contributed by atoms with Gasteiger partial charge in [-0.15, -0.1) is 0 Å². The Bertz CT molecular complexity index is 1410. The van der Waals surface area contributed by atoms with Crippen LogP contribution in [0.5, 0.6) is 17.2 Å². The number of nitrogens with one attached hydrogen (secondary N) is 1. The van der Waals surface area contributed by atoms with Gasteiger partial charge in [-0.1, -0.05) is 0 Å². The third-order valence-electron chi connectivity index (χ3n) is 2.82. The molecule has 3 aromatic rings. The van der Waals surface area contributed by atoms with Crippen molar-refractivity contribution in [3.8, 4) is 17.2 Å². The van der Waals surface area contributed by atoms with Gasteiger partial charge in [0.25, 0.3) is 0 Å². The molecule has 0 aliphatic heterocycles. The van der Waals surface area contributed by atoms with Gasteiger partial charge in [0.2, 0.25) is 0 Å². The minimum atomic E-state index is -4.55. The molecular formula is C16H15F2N3O4S. The fourth-order valence-electron chi connectivity index (χ4n) is 1.83. The van der Waals surface area contributed by atoms with Gasteiger partial charge in [0.1, 0.15) is 5.75 Å². The van der Waals surface area contributed by atoms with E-state index in [0.717, 1.165) is 7.11 Å². The monoisotopic (exact) mass is 394 g/mol. The molecule has 0 saturated heterocycles. The van der Waals surface area contributed by atoms with Gasteiger partial charge in [0.05, 0.1) is 58.3 Å². The summed E-state index contributed by atoms with van der Waals surface area (Å²) in [6, 6.07) is -3.70. The lowest BCUT2D eigenvalue weighted by Crippen LogP contribution is -2.04. The van der Waals surface area contributed by atoms with E-state index in [1.165, 1.54) is 0 Å². The largest absolute Gasteiger partial charge is 0.493 e. The van der Waals surface area contributed by atoms with Crippen LogP contribution in [0.25, 0.3) is 11.0 Å². The number of hydrogen-bond acceptors (Lipinski definition) is 6. The smallest absolute Gasteiger partial charge is 0.387 e. The molecule has 0 amide bonds. The molecular weight excluding hydrogens is 368 g/mol. The van der Waals surface area contributed by atoms with Gasteiger partial charge in [-0.05, 0) is 12.1 Å². The van der Waals surface area contributed by atoms with Crippen LogP contribution < -0.4 is 14.2 Å². The van der Waals surface area contributed by atoms with Crippen LogP contribution in [0, 0.1) is 0 Å². The molecule has 0 radical (unpaired) electrons. The van der Waals surface area contributed by atoms with Crippen molar-refractivity contribution in [3.05, 3.63) is 36.0 Å². The third kappa shape index (κ3) is 3.74. The first-order valence-electron chi connectivity index (χ1n) is 12.0. The van der Waals surface area contributed by atoms with Crippen LogP contribution in [-0.4, -0.2) is 39.9 Å². The summed E-state index contributed by atoms with van der Waals surface area (Å²) in [6.45, 7) is -4.55. The highest BCUT2D eigenvalue weighted by molar-refractivity contribution is 7.84. The molecule has 138 valence electrons. The summed E-state index contributed by atoms with van der Waals surface area (Å²) >= 11 is 0. The van der Waals surface area contributed by atoms with E-state index in [2.05, 4.69) is 24.4 Å². The number of imidazole rings is 1. The van der Waals surface area contributed by atoms with Crippen LogP contribution in [-0.2, 0) is 16.5 Å². The van der Waals surface area contributed by atoms with Gasteiger partial charge < -0.3 is 19.2 Å². The molecule has 0 fully saturated rings. The Hall–Kier alpha value is -2.75. The highest BCUT2D eigenvalue weighted by Crippen LogP contribution is 2.30. The molecule has 7 nitrogen and oxygen atoms in total. The number of benzene rings is 1. The van der Waals surface area contributed by atoms with E-state index in [4.69, 9.17) is 19.8 Å². The van der Waals surface area contributed by atoms with E-state index < -0.39 is 99.6 Å². The van der Waals surface area contributed by atoms with Crippen molar-refractivity contribution in [2.24, 2.45) is 0 Å². The van der Waals surface area contributed by atoms with Gasteiger partial charge in [-0.25, -0.2) is 4.98 Å². The minimum absolute atomic E-state index is 0.524. The lowest BCUT2D eigenvalue weighted by molar-refractivity contribution is -0.0497. The molecule has 3 rings (SSSR count). The third-order valence-corrected chi connectivity index (χ3v) is 3.75. The lowest BCUT2D eigenvalue weighted by atomic mass is 10.3. The zero-order chi connectivity index (χ0) is 28.2. The predicted octanol–water partition coefficient (Wildman–Crippen LogP) is 2.88. The number of H-pyrrole nitrogens is 1. The fourth-order valence-corrected chi connectivity index (χ4v) is 2.61. The highest BCUT2D eigenvalue weighted by Gasteiger charge is 2.17. The normalized spacial score (nSPS) is 19.9. The Morgan fingerprint density at radius 3 is 3.04 bits per heavy atom. The molecule has 0 aliphatic carbocycles. The zero-order valence-corrected chi connectivity index (χ0v) is 13.5. The van der Waals surface area contributed by atoms with E-state index in [9.17, 15) is 13.0 Å². The number of aromatic amines is 1. The highest BCUT2D eigenvalue weighted by atomic mass is 32.2. The number of methoxy groups -OCH3 is 2. The van der Waals surface area contributed by atoms with Crippen molar-refractivity contribution in [1.82, 2.24) is 15.0 Å². The number of rotatable bonds is 7. The van der Waals surface area contributed by atoms with E-state index in [1.807, 2.05) is 0 Å². The molecule has 0 saturated carbocycles. The van der Waals surface area contributed by atoms with Crippen LogP contribution in [0.3, 0.4) is 0 Å². The summed E-state index contributed by atoms with van der Waals surface area (Å²) < 4.78 is 137. The Kier molecular flexibility index (Phi) is 2.58. The summed E-state index contributed by atoms with van der Waals surface area (Å²) in [4.78, 5) is 9.56. The van der Waals surface area contributed by atoms with Crippen molar-refractivity contribution in [1.29, 1.82) is 0 Å². The van der Waals surface area contributed by atoms with Crippen molar-refractivity contribution in [2.45, 2.75) is 17.4 Å². The Morgan fingerprint density at radius 1 is 1.46 bits per heavy atom. The standard InChI is InChI=1S/C16H15F2N3O4S/c1-23-13-5-6-19-12(14(13)24-2)8-26(22)16-20-10-4-3-9(25-15(17)18)7-11(10)21-16/h3-7,15H,8H2,1-2H3,(H,20,21)/i1D3,3D,4D,5D,6D,7D,8D2,15D. The van der Waals surface area contributed by atoms with Gasteiger partial charge >= 0.3 is 6.59 Å². The number of pyridine rings is 1. The van der Waals surface area contributed by atoms with Crippen LogP contribution in [0.15, 0.2) is 35.5 Å². The molecule has 1 N–H and O–H groups in total. The quantitative estimate of drug-likeness (QED) is 0.663.